The molecule has 0 saturated heterocycles. The fourth-order valence-corrected chi connectivity index (χ4v) is 4.33. The van der Waals surface area contributed by atoms with Gasteiger partial charge in [0.2, 0.25) is 10.0 Å². The molecule has 0 saturated carbocycles. The lowest BCUT2D eigenvalue weighted by Gasteiger charge is -2.23. The van der Waals surface area contributed by atoms with Crippen molar-refractivity contribution in [2.75, 3.05) is 23.7 Å². The molecule has 0 atom stereocenters. The van der Waals surface area contributed by atoms with E-state index in [1.165, 1.54) is 10.6 Å². The Morgan fingerprint density at radius 2 is 1.69 bits per heavy atom. The summed E-state index contributed by atoms with van der Waals surface area (Å²) in [7, 11) is -3.48. The topological polar surface area (TPSA) is 75.7 Å². The van der Waals surface area contributed by atoms with Crippen LogP contribution in [0.4, 0.5) is 5.69 Å². The van der Waals surface area contributed by atoms with Gasteiger partial charge in [0.1, 0.15) is 0 Å². The second-order valence-corrected chi connectivity index (χ2v) is 10.1. The van der Waals surface area contributed by atoms with Crippen LogP contribution in [0.1, 0.15) is 21.5 Å². The van der Waals surface area contributed by atoms with E-state index < -0.39 is 10.0 Å². The lowest BCUT2D eigenvalue weighted by molar-refractivity contribution is 0.0901. The van der Waals surface area contributed by atoms with E-state index in [0.717, 1.165) is 15.6 Å². The molecule has 0 spiro atoms. The molecule has 168 valence electrons. The van der Waals surface area contributed by atoms with Crippen molar-refractivity contribution in [3.8, 4) is 0 Å². The van der Waals surface area contributed by atoms with E-state index in [1.54, 1.807) is 42.5 Å². The predicted octanol–water partition coefficient (Wildman–Crippen LogP) is 4.36. The summed E-state index contributed by atoms with van der Waals surface area (Å²) in [5.41, 5.74) is 2.93. The molecule has 0 unspecified atom stereocenters. The minimum Gasteiger partial charge on any atom is -0.375 e. The first-order chi connectivity index (χ1) is 15.3. The normalized spacial score (nSPS) is 11.2. The first-order valence-corrected chi connectivity index (χ1v) is 12.7. The van der Waals surface area contributed by atoms with E-state index in [1.807, 2.05) is 36.4 Å². The molecule has 3 aromatic carbocycles. The first kappa shape index (κ1) is 24.0. The van der Waals surface area contributed by atoms with Gasteiger partial charge in [-0.05, 0) is 41.5 Å². The van der Waals surface area contributed by atoms with Gasteiger partial charge in [-0.3, -0.25) is 9.10 Å². The molecule has 0 fully saturated rings. The number of hydrogen-bond acceptors (Lipinski definition) is 4. The van der Waals surface area contributed by atoms with Crippen molar-refractivity contribution >= 4 is 37.5 Å². The number of rotatable bonds is 10. The van der Waals surface area contributed by atoms with Gasteiger partial charge in [0.15, 0.2) is 0 Å². The fraction of sp³-hybridized carbons (Fsp3) is 0.208. The Labute approximate surface area is 197 Å². The number of hydrogen-bond donors (Lipinski definition) is 1. The highest BCUT2D eigenvalue weighted by atomic mass is 79.9. The minimum atomic E-state index is -3.48. The molecule has 1 N–H and O–H groups in total. The van der Waals surface area contributed by atoms with Crippen LogP contribution in [0.3, 0.4) is 0 Å². The van der Waals surface area contributed by atoms with E-state index in [9.17, 15) is 13.2 Å². The smallest absolute Gasteiger partial charge is 0.251 e. The van der Waals surface area contributed by atoms with Crippen LogP contribution in [0.15, 0.2) is 83.3 Å². The van der Waals surface area contributed by atoms with E-state index in [-0.39, 0.29) is 12.5 Å². The Balaban J connectivity index is 1.53. The van der Waals surface area contributed by atoms with E-state index in [4.69, 9.17) is 4.74 Å². The highest BCUT2D eigenvalue weighted by Gasteiger charge is 2.18. The second kappa shape index (κ2) is 11.3. The van der Waals surface area contributed by atoms with Gasteiger partial charge in [0.05, 0.1) is 31.7 Å². The summed E-state index contributed by atoms with van der Waals surface area (Å²) < 4.78 is 32.3. The maximum absolute atomic E-state index is 12.4. The van der Waals surface area contributed by atoms with E-state index >= 15 is 0 Å². The second-order valence-electron chi connectivity index (χ2n) is 7.24. The van der Waals surface area contributed by atoms with Crippen LogP contribution in [-0.4, -0.2) is 33.7 Å². The molecule has 8 heteroatoms. The number of nitrogens with one attached hydrogen (secondary N) is 1. The summed E-state index contributed by atoms with van der Waals surface area (Å²) in [6, 6.07) is 23.9. The highest BCUT2D eigenvalue weighted by Crippen LogP contribution is 2.24. The molecule has 0 aromatic heterocycles. The molecule has 6 nitrogen and oxygen atoms in total. The largest absolute Gasteiger partial charge is 0.375 e. The number of carbonyl (C=O) groups is 1. The fourth-order valence-electron chi connectivity index (χ4n) is 3.06. The third-order valence-electron chi connectivity index (χ3n) is 4.68. The molecule has 0 aliphatic heterocycles. The summed E-state index contributed by atoms with van der Waals surface area (Å²) >= 11 is 3.38. The van der Waals surface area contributed by atoms with Crippen LogP contribution in [-0.2, 0) is 27.9 Å². The van der Waals surface area contributed by atoms with Crippen molar-refractivity contribution in [1.29, 1.82) is 0 Å². The van der Waals surface area contributed by atoms with E-state index in [0.29, 0.717) is 31.0 Å². The maximum atomic E-state index is 12.4. The Kier molecular flexibility index (Phi) is 8.44. The lowest BCUT2D eigenvalue weighted by Crippen LogP contribution is -2.29. The average Bonchev–Trinajstić information content (AvgIpc) is 2.77. The van der Waals surface area contributed by atoms with Crippen molar-refractivity contribution < 1.29 is 17.9 Å². The zero-order valence-electron chi connectivity index (χ0n) is 17.7. The van der Waals surface area contributed by atoms with Crippen molar-refractivity contribution in [1.82, 2.24) is 5.32 Å². The Hall–Kier alpha value is -2.68. The Morgan fingerprint density at radius 3 is 2.34 bits per heavy atom. The number of benzene rings is 3. The van der Waals surface area contributed by atoms with Crippen LogP contribution in [0.2, 0.25) is 0 Å². The molecule has 3 rings (SSSR count). The zero-order chi connectivity index (χ0) is 23.0. The summed E-state index contributed by atoms with van der Waals surface area (Å²) in [6.07, 6.45) is 1.18. The quantitative estimate of drug-likeness (QED) is 0.406. The number of carbonyl (C=O) groups excluding carboxylic acids is 1. The van der Waals surface area contributed by atoms with Gasteiger partial charge in [-0.1, -0.05) is 64.5 Å². The standard InChI is InChI=1S/C24H25BrN2O4S/c1-32(29,30)27(23-9-5-8-22(25)16-23)17-19-10-12-21(13-11-19)24(28)26-14-15-31-18-20-6-3-2-4-7-20/h2-13,16H,14-15,17-18H2,1H3,(H,26,28). The molecule has 0 radical (unpaired) electrons. The van der Waals surface area contributed by atoms with Gasteiger partial charge in [0, 0.05) is 16.6 Å². The zero-order valence-corrected chi connectivity index (χ0v) is 20.1. The Bertz CT molecular complexity index is 1140. The van der Waals surface area contributed by atoms with Crippen LogP contribution in [0.25, 0.3) is 0 Å². The molecular formula is C24H25BrN2O4S. The number of anilines is 1. The monoisotopic (exact) mass is 516 g/mol. The van der Waals surface area contributed by atoms with Crippen LogP contribution < -0.4 is 9.62 Å². The summed E-state index contributed by atoms with van der Waals surface area (Å²) in [4.78, 5) is 12.4. The molecule has 32 heavy (non-hydrogen) atoms. The maximum Gasteiger partial charge on any atom is 0.251 e. The van der Waals surface area contributed by atoms with Gasteiger partial charge in [-0.2, -0.15) is 0 Å². The SMILES string of the molecule is CS(=O)(=O)N(Cc1ccc(C(=O)NCCOCc2ccccc2)cc1)c1cccc(Br)c1. The average molecular weight is 517 g/mol. The number of amides is 1. The number of nitrogens with zero attached hydrogens (tertiary/aromatic N) is 1. The number of ether oxygens (including phenoxy) is 1. The van der Waals surface area contributed by atoms with Crippen molar-refractivity contribution in [3.05, 3.63) is 100 Å². The summed E-state index contributed by atoms with van der Waals surface area (Å²) in [5.74, 6) is -0.202. The summed E-state index contributed by atoms with van der Waals surface area (Å²) in [5, 5.41) is 2.83. The van der Waals surface area contributed by atoms with Gasteiger partial charge in [-0.15, -0.1) is 0 Å². The number of sulfonamides is 1. The lowest BCUT2D eigenvalue weighted by atomic mass is 10.1. The summed E-state index contributed by atoms with van der Waals surface area (Å²) in [6.45, 7) is 1.48. The van der Waals surface area contributed by atoms with Crippen LogP contribution in [0, 0.1) is 0 Å². The molecule has 3 aromatic rings. The van der Waals surface area contributed by atoms with Crippen molar-refractivity contribution in [3.63, 3.8) is 0 Å². The van der Waals surface area contributed by atoms with Crippen molar-refractivity contribution in [2.45, 2.75) is 13.2 Å². The first-order valence-electron chi connectivity index (χ1n) is 10.0. The van der Waals surface area contributed by atoms with Gasteiger partial charge in [-0.25, -0.2) is 8.42 Å². The molecule has 0 aliphatic rings. The van der Waals surface area contributed by atoms with Crippen molar-refractivity contribution in [2.24, 2.45) is 0 Å². The Morgan fingerprint density at radius 1 is 0.969 bits per heavy atom. The molecule has 0 aliphatic carbocycles. The predicted molar refractivity (Wildman–Crippen MR) is 130 cm³/mol. The van der Waals surface area contributed by atoms with Gasteiger partial charge >= 0.3 is 0 Å². The molecule has 1 amide bonds. The van der Waals surface area contributed by atoms with Gasteiger partial charge < -0.3 is 10.1 Å². The van der Waals surface area contributed by atoms with Crippen LogP contribution in [0.5, 0.6) is 0 Å². The molecular weight excluding hydrogens is 492 g/mol. The molecule has 0 heterocycles. The third kappa shape index (κ3) is 7.19. The van der Waals surface area contributed by atoms with Gasteiger partial charge in [0.25, 0.3) is 5.91 Å². The van der Waals surface area contributed by atoms with Crippen LogP contribution >= 0.6 is 15.9 Å². The highest BCUT2D eigenvalue weighted by molar-refractivity contribution is 9.10. The number of halogens is 1. The third-order valence-corrected chi connectivity index (χ3v) is 6.32. The van der Waals surface area contributed by atoms with E-state index in [2.05, 4.69) is 21.2 Å². The minimum absolute atomic E-state index is 0.171. The molecule has 0 bridgehead atoms.